The fourth-order valence-electron chi connectivity index (χ4n) is 3.63. The van der Waals surface area contributed by atoms with Gasteiger partial charge in [0.2, 0.25) is 0 Å². The van der Waals surface area contributed by atoms with E-state index >= 15 is 0 Å². The number of hydrogen-bond donors (Lipinski definition) is 1. The second kappa shape index (κ2) is 6.48. The summed E-state index contributed by atoms with van der Waals surface area (Å²) in [7, 11) is 0. The third kappa shape index (κ3) is 2.92. The van der Waals surface area contributed by atoms with Crippen molar-refractivity contribution < 1.29 is 4.79 Å². The van der Waals surface area contributed by atoms with Gasteiger partial charge in [-0.25, -0.2) is 0 Å². The number of hydrogen-bond acceptors (Lipinski definition) is 2. The Morgan fingerprint density at radius 1 is 1.21 bits per heavy atom. The lowest BCUT2D eigenvalue weighted by Gasteiger charge is -2.24. The molecule has 1 saturated heterocycles. The van der Waals surface area contributed by atoms with Gasteiger partial charge in [0.25, 0.3) is 5.91 Å². The highest BCUT2D eigenvalue weighted by atomic mass is 16.2. The fourth-order valence-corrected chi connectivity index (χ4v) is 3.63. The van der Waals surface area contributed by atoms with Gasteiger partial charge in [-0.3, -0.25) is 9.78 Å². The molecule has 4 heteroatoms. The standard InChI is InChI=1S/C20H21N3O/c24-20(19-14-16-4-1-2-6-18(16)22-19)23-13-3-5-17(23)8-7-15-9-11-21-12-10-15/h1-2,4,6,9-12,14,17,22H,3,5,7-8,13H2/t17-/m1/s1. The topological polar surface area (TPSA) is 49.0 Å². The van der Waals surface area contributed by atoms with Crippen molar-refractivity contribution in [3.63, 3.8) is 0 Å². The summed E-state index contributed by atoms with van der Waals surface area (Å²) >= 11 is 0. The number of fused-ring (bicyclic) bond motifs is 1. The Morgan fingerprint density at radius 3 is 2.88 bits per heavy atom. The maximum Gasteiger partial charge on any atom is 0.270 e. The van der Waals surface area contributed by atoms with Crippen molar-refractivity contribution in [1.29, 1.82) is 0 Å². The predicted octanol–water partition coefficient (Wildman–Crippen LogP) is 3.80. The lowest BCUT2D eigenvalue weighted by atomic mass is 10.0. The largest absolute Gasteiger partial charge is 0.351 e. The number of pyridine rings is 1. The van der Waals surface area contributed by atoms with Crippen molar-refractivity contribution in [3.8, 4) is 0 Å². The van der Waals surface area contributed by atoms with Crippen molar-refractivity contribution >= 4 is 16.8 Å². The predicted molar refractivity (Wildman–Crippen MR) is 94.9 cm³/mol. The van der Waals surface area contributed by atoms with Crippen LogP contribution in [0.25, 0.3) is 10.9 Å². The molecule has 0 unspecified atom stereocenters. The molecule has 0 aliphatic carbocycles. The van der Waals surface area contributed by atoms with Gasteiger partial charge in [-0.2, -0.15) is 0 Å². The normalized spacial score (nSPS) is 17.5. The summed E-state index contributed by atoms with van der Waals surface area (Å²) in [4.78, 5) is 22.3. The second-order valence-corrected chi connectivity index (χ2v) is 6.46. The van der Waals surface area contributed by atoms with Crippen LogP contribution in [0, 0.1) is 0 Å². The molecule has 1 aromatic carbocycles. The smallest absolute Gasteiger partial charge is 0.270 e. The molecular formula is C20H21N3O. The van der Waals surface area contributed by atoms with Gasteiger partial charge in [-0.05, 0) is 55.5 Å². The quantitative estimate of drug-likeness (QED) is 0.795. The van der Waals surface area contributed by atoms with Crippen molar-refractivity contribution in [1.82, 2.24) is 14.9 Å². The first-order chi connectivity index (χ1) is 11.8. The molecule has 3 aromatic rings. The van der Waals surface area contributed by atoms with Gasteiger partial charge in [0.15, 0.2) is 0 Å². The summed E-state index contributed by atoms with van der Waals surface area (Å²) in [5, 5.41) is 1.09. The zero-order chi connectivity index (χ0) is 16.4. The van der Waals surface area contributed by atoms with Crippen LogP contribution in [0.2, 0.25) is 0 Å². The lowest BCUT2D eigenvalue weighted by Crippen LogP contribution is -2.36. The van der Waals surface area contributed by atoms with Crippen LogP contribution in [0.1, 0.15) is 35.3 Å². The summed E-state index contributed by atoms with van der Waals surface area (Å²) in [6.45, 7) is 0.856. The number of carbonyl (C=O) groups is 1. The molecule has 0 bridgehead atoms. The van der Waals surface area contributed by atoms with E-state index in [9.17, 15) is 4.79 Å². The second-order valence-electron chi connectivity index (χ2n) is 6.46. The average Bonchev–Trinajstić information content (AvgIpc) is 3.27. The fraction of sp³-hybridized carbons (Fsp3) is 0.300. The molecule has 1 N–H and O–H groups in total. The van der Waals surface area contributed by atoms with E-state index in [1.54, 1.807) is 0 Å². The van der Waals surface area contributed by atoms with E-state index in [1.807, 2.05) is 47.6 Å². The maximum absolute atomic E-state index is 12.9. The Kier molecular flexibility index (Phi) is 4.03. The number of para-hydroxylation sites is 1. The minimum absolute atomic E-state index is 0.128. The average molecular weight is 319 g/mol. The SMILES string of the molecule is O=C(c1cc2ccccc2[nH]1)N1CCC[C@@H]1CCc1ccncc1. The van der Waals surface area contributed by atoms with Gasteiger partial charge in [0.05, 0.1) is 0 Å². The van der Waals surface area contributed by atoms with Crippen molar-refractivity contribution in [3.05, 3.63) is 66.1 Å². The minimum Gasteiger partial charge on any atom is -0.351 e. The molecule has 3 heterocycles. The van der Waals surface area contributed by atoms with Gasteiger partial charge in [-0.1, -0.05) is 18.2 Å². The Bertz CT molecular complexity index is 807. The van der Waals surface area contributed by atoms with Gasteiger partial charge in [0, 0.05) is 35.9 Å². The van der Waals surface area contributed by atoms with E-state index in [0.717, 1.165) is 43.1 Å². The molecule has 1 aliphatic heterocycles. The molecule has 0 saturated carbocycles. The highest BCUT2D eigenvalue weighted by Crippen LogP contribution is 2.25. The number of aromatic nitrogens is 2. The van der Waals surface area contributed by atoms with Crippen molar-refractivity contribution in [2.75, 3.05) is 6.54 Å². The highest BCUT2D eigenvalue weighted by molar-refractivity contribution is 5.98. The van der Waals surface area contributed by atoms with E-state index in [1.165, 1.54) is 5.56 Å². The van der Waals surface area contributed by atoms with Gasteiger partial charge in [-0.15, -0.1) is 0 Å². The third-order valence-electron chi connectivity index (χ3n) is 4.91. The molecule has 1 aliphatic rings. The summed E-state index contributed by atoms with van der Waals surface area (Å²) in [5.41, 5.74) is 3.01. The molecule has 24 heavy (non-hydrogen) atoms. The number of benzene rings is 1. The summed E-state index contributed by atoms with van der Waals surface area (Å²) in [6, 6.07) is 14.4. The Morgan fingerprint density at radius 2 is 2.04 bits per heavy atom. The summed E-state index contributed by atoms with van der Waals surface area (Å²) < 4.78 is 0. The zero-order valence-electron chi connectivity index (χ0n) is 13.6. The van der Waals surface area contributed by atoms with E-state index in [0.29, 0.717) is 11.7 Å². The first-order valence-corrected chi connectivity index (χ1v) is 8.59. The first-order valence-electron chi connectivity index (χ1n) is 8.59. The summed E-state index contributed by atoms with van der Waals surface area (Å²) in [6.07, 6.45) is 7.85. The van der Waals surface area contributed by atoms with Crippen LogP contribution in [0.5, 0.6) is 0 Å². The molecule has 1 fully saturated rings. The molecule has 0 spiro atoms. The number of nitrogens with zero attached hydrogens (tertiary/aromatic N) is 2. The minimum atomic E-state index is 0.128. The molecule has 122 valence electrons. The van der Waals surface area contributed by atoms with Crippen LogP contribution < -0.4 is 0 Å². The summed E-state index contributed by atoms with van der Waals surface area (Å²) in [5.74, 6) is 0.128. The number of nitrogens with one attached hydrogen (secondary N) is 1. The molecule has 4 nitrogen and oxygen atoms in total. The van der Waals surface area contributed by atoms with Crippen LogP contribution >= 0.6 is 0 Å². The van der Waals surface area contributed by atoms with Crippen LogP contribution in [0.3, 0.4) is 0 Å². The highest BCUT2D eigenvalue weighted by Gasteiger charge is 2.29. The molecule has 1 atom stereocenters. The Hall–Kier alpha value is -2.62. The lowest BCUT2D eigenvalue weighted by molar-refractivity contribution is 0.0725. The molecule has 1 amide bonds. The number of amides is 1. The molecule has 0 radical (unpaired) electrons. The van der Waals surface area contributed by atoms with Crippen molar-refractivity contribution in [2.45, 2.75) is 31.7 Å². The number of H-pyrrole nitrogens is 1. The van der Waals surface area contributed by atoms with Crippen LogP contribution in [-0.2, 0) is 6.42 Å². The molecular weight excluding hydrogens is 298 g/mol. The molecule has 2 aromatic heterocycles. The van der Waals surface area contributed by atoms with Crippen LogP contribution in [0.4, 0.5) is 0 Å². The number of likely N-dealkylation sites (tertiary alicyclic amines) is 1. The van der Waals surface area contributed by atoms with Gasteiger partial charge in [0.1, 0.15) is 5.69 Å². The van der Waals surface area contributed by atoms with Gasteiger partial charge < -0.3 is 9.88 Å². The number of aryl methyl sites for hydroxylation is 1. The maximum atomic E-state index is 12.9. The number of aromatic amines is 1. The number of rotatable bonds is 4. The Balaban J connectivity index is 1.48. The third-order valence-corrected chi connectivity index (χ3v) is 4.91. The first kappa shape index (κ1) is 14.9. The number of carbonyl (C=O) groups excluding carboxylic acids is 1. The van der Waals surface area contributed by atoms with E-state index < -0.39 is 0 Å². The van der Waals surface area contributed by atoms with E-state index in [2.05, 4.69) is 22.1 Å². The van der Waals surface area contributed by atoms with E-state index in [-0.39, 0.29) is 5.91 Å². The molecule has 4 rings (SSSR count). The Labute approximate surface area is 141 Å². The van der Waals surface area contributed by atoms with E-state index in [4.69, 9.17) is 0 Å². The van der Waals surface area contributed by atoms with Crippen molar-refractivity contribution in [2.24, 2.45) is 0 Å². The van der Waals surface area contributed by atoms with Gasteiger partial charge >= 0.3 is 0 Å². The van der Waals surface area contributed by atoms with Crippen LogP contribution in [0.15, 0.2) is 54.9 Å². The monoisotopic (exact) mass is 319 g/mol. The zero-order valence-corrected chi connectivity index (χ0v) is 13.6. The van der Waals surface area contributed by atoms with Crippen LogP contribution in [-0.4, -0.2) is 33.4 Å².